The molecule has 1 aliphatic rings. The Bertz CT molecular complexity index is 1200. The Balaban J connectivity index is 1.97. The topological polar surface area (TPSA) is 104 Å². The molecule has 1 atom stereocenters. The molecule has 2 aromatic carbocycles. The second kappa shape index (κ2) is 7.38. The molecule has 0 spiro atoms. The van der Waals surface area contributed by atoms with E-state index in [2.05, 4.69) is 10.2 Å². The molecule has 7 nitrogen and oxygen atoms in total. The first-order valence-electron chi connectivity index (χ1n) is 9.25. The average molecular weight is 421 g/mol. The summed E-state index contributed by atoms with van der Waals surface area (Å²) in [6.45, 7) is 5.47. The van der Waals surface area contributed by atoms with Crippen LogP contribution in [0.1, 0.15) is 33.3 Å². The average Bonchev–Trinajstić information content (AvgIpc) is 3.25. The number of aliphatic hydroxyl groups excluding tert-OH is 1. The van der Waals surface area contributed by atoms with Crippen LogP contribution in [0, 0.1) is 20.8 Å². The minimum absolute atomic E-state index is 0.0211. The summed E-state index contributed by atoms with van der Waals surface area (Å²) in [6, 6.07) is 10.8. The van der Waals surface area contributed by atoms with Gasteiger partial charge in [-0.3, -0.25) is 14.5 Å². The highest BCUT2D eigenvalue weighted by Gasteiger charge is 2.48. The van der Waals surface area contributed by atoms with E-state index < -0.39 is 17.7 Å². The number of aryl methyl sites for hydroxylation is 3. The number of phenolic OH excluding ortho intramolecular Hbond substituents is 1. The van der Waals surface area contributed by atoms with Crippen LogP contribution >= 0.6 is 11.3 Å². The predicted molar refractivity (Wildman–Crippen MR) is 113 cm³/mol. The molecule has 4 rings (SSSR count). The van der Waals surface area contributed by atoms with Crippen LogP contribution in [-0.2, 0) is 9.59 Å². The second-order valence-electron chi connectivity index (χ2n) is 7.18. The van der Waals surface area contributed by atoms with Crippen molar-refractivity contribution in [2.24, 2.45) is 0 Å². The molecule has 1 aliphatic heterocycles. The van der Waals surface area contributed by atoms with Crippen molar-refractivity contribution >= 4 is 33.9 Å². The van der Waals surface area contributed by atoms with Crippen molar-refractivity contribution < 1.29 is 19.8 Å². The highest BCUT2D eigenvalue weighted by molar-refractivity contribution is 7.15. The lowest BCUT2D eigenvalue weighted by Gasteiger charge is -2.22. The molecule has 1 amide bonds. The first kappa shape index (κ1) is 19.8. The Kier molecular flexibility index (Phi) is 4.87. The molecule has 30 heavy (non-hydrogen) atoms. The summed E-state index contributed by atoms with van der Waals surface area (Å²) in [4.78, 5) is 27.3. The van der Waals surface area contributed by atoms with Crippen molar-refractivity contribution in [3.05, 3.63) is 75.3 Å². The van der Waals surface area contributed by atoms with E-state index in [0.29, 0.717) is 16.1 Å². The summed E-state index contributed by atoms with van der Waals surface area (Å²) in [5.74, 6) is -1.76. The van der Waals surface area contributed by atoms with Crippen LogP contribution in [0.2, 0.25) is 0 Å². The maximum atomic E-state index is 13.1. The van der Waals surface area contributed by atoms with Gasteiger partial charge in [0, 0.05) is 5.56 Å². The van der Waals surface area contributed by atoms with Crippen molar-refractivity contribution in [3.8, 4) is 5.75 Å². The molecule has 0 radical (unpaired) electrons. The zero-order valence-corrected chi connectivity index (χ0v) is 17.4. The van der Waals surface area contributed by atoms with Gasteiger partial charge in [0.15, 0.2) is 0 Å². The van der Waals surface area contributed by atoms with Gasteiger partial charge in [0.25, 0.3) is 5.78 Å². The lowest BCUT2D eigenvalue weighted by Crippen LogP contribution is -2.29. The number of hydrogen-bond acceptors (Lipinski definition) is 7. The fourth-order valence-corrected chi connectivity index (χ4v) is 4.24. The maximum Gasteiger partial charge on any atom is 0.301 e. The molecular formula is C22H19N3O4S. The van der Waals surface area contributed by atoms with Crippen LogP contribution in [0.25, 0.3) is 5.76 Å². The molecule has 1 fully saturated rings. The summed E-state index contributed by atoms with van der Waals surface area (Å²) in [5, 5.41) is 29.8. The summed E-state index contributed by atoms with van der Waals surface area (Å²) in [7, 11) is 0. The standard InChI is InChI=1S/C22H19N3O4S/c1-11-4-5-12(2)16(10-11)19(27)17-18(14-6-8-15(26)9-7-14)25(21(29)20(17)28)22-24-23-13(3)30-22/h4-10,18,26-27H,1-3H3/t18-/m1/s1. The van der Waals surface area contributed by atoms with Gasteiger partial charge in [0.2, 0.25) is 5.13 Å². The Labute approximate surface area is 176 Å². The highest BCUT2D eigenvalue weighted by Crippen LogP contribution is 2.43. The minimum atomic E-state index is -0.891. The quantitative estimate of drug-likeness (QED) is 0.379. The van der Waals surface area contributed by atoms with Crippen molar-refractivity contribution in [2.75, 3.05) is 4.90 Å². The van der Waals surface area contributed by atoms with Crippen LogP contribution in [0.15, 0.2) is 48.0 Å². The molecular weight excluding hydrogens is 402 g/mol. The molecule has 1 saturated heterocycles. The third-order valence-corrected chi connectivity index (χ3v) is 5.86. The summed E-state index contributed by atoms with van der Waals surface area (Å²) < 4.78 is 0. The number of phenols is 1. The number of amides is 1. The summed E-state index contributed by atoms with van der Waals surface area (Å²) in [6.07, 6.45) is 0. The van der Waals surface area contributed by atoms with Crippen LogP contribution < -0.4 is 4.90 Å². The Morgan fingerprint density at radius 3 is 2.37 bits per heavy atom. The van der Waals surface area contributed by atoms with E-state index in [-0.39, 0.29) is 22.2 Å². The Morgan fingerprint density at radius 1 is 1.03 bits per heavy atom. The SMILES string of the molecule is Cc1ccc(C)c(C(O)=C2C(=O)C(=O)N(c3nnc(C)s3)[C@@H]2c2ccc(O)cc2)c1. The first-order valence-corrected chi connectivity index (χ1v) is 10.1. The highest BCUT2D eigenvalue weighted by atomic mass is 32.1. The molecule has 0 saturated carbocycles. The smallest absolute Gasteiger partial charge is 0.301 e. The molecule has 1 aromatic heterocycles. The molecule has 0 unspecified atom stereocenters. The molecule has 2 heterocycles. The Morgan fingerprint density at radius 2 is 1.73 bits per heavy atom. The number of rotatable bonds is 3. The van der Waals surface area contributed by atoms with Crippen molar-refractivity contribution in [3.63, 3.8) is 0 Å². The van der Waals surface area contributed by atoms with Gasteiger partial charge in [-0.25, -0.2) is 0 Å². The second-order valence-corrected chi connectivity index (χ2v) is 8.34. The van der Waals surface area contributed by atoms with Gasteiger partial charge >= 0.3 is 5.91 Å². The number of Topliss-reactive ketones (excluding diaryl/α,β-unsaturated/α-hetero) is 1. The number of carbonyl (C=O) groups is 2. The summed E-state index contributed by atoms with van der Waals surface area (Å²) in [5.41, 5.74) is 2.72. The van der Waals surface area contributed by atoms with Gasteiger partial charge in [-0.15, -0.1) is 10.2 Å². The number of carbonyl (C=O) groups excluding carboxylic acids is 2. The van der Waals surface area contributed by atoms with Crippen molar-refractivity contribution in [2.45, 2.75) is 26.8 Å². The number of aromatic nitrogens is 2. The number of benzene rings is 2. The van der Waals surface area contributed by atoms with E-state index in [9.17, 15) is 19.8 Å². The predicted octanol–water partition coefficient (Wildman–Crippen LogP) is 3.80. The maximum absolute atomic E-state index is 13.1. The van der Waals surface area contributed by atoms with E-state index >= 15 is 0 Å². The van der Waals surface area contributed by atoms with Gasteiger partial charge in [-0.2, -0.15) is 0 Å². The van der Waals surface area contributed by atoms with Crippen LogP contribution in [0.5, 0.6) is 5.75 Å². The number of nitrogens with zero attached hydrogens (tertiary/aromatic N) is 3. The molecule has 3 aromatic rings. The number of anilines is 1. The van der Waals surface area contributed by atoms with Gasteiger partial charge in [-0.1, -0.05) is 41.2 Å². The van der Waals surface area contributed by atoms with Gasteiger partial charge in [0.1, 0.15) is 16.5 Å². The molecule has 0 bridgehead atoms. The number of aliphatic hydroxyl groups is 1. The van der Waals surface area contributed by atoms with Crippen molar-refractivity contribution in [1.29, 1.82) is 0 Å². The molecule has 152 valence electrons. The van der Waals surface area contributed by atoms with Crippen LogP contribution in [0.4, 0.5) is 5.13 Å². The van der Waals surface area contributed by atoms with Crippen LogP contribution in [0.3, 0.4) is 0 Å². The molecule has 2 N–H and O–H groups in total. The molecule has 8 heteroatoms. The van der Waals surface area contributed by atoms with Gasteiger partial charge in [-0.05, 0) is 50.1 Å². The third kappa shape index (κ3) is 3.25. The zero-order valence-electron chi connectivity index (χ0n) is 16.6. The first-order chi connectivity index (χ1) is 14.3. The minimum Gasteiger partial charge on any atom is -0.508 e. The van der Waals surface area contributed by atoms with Crippen LogP contribution in [-0.4, -0.2) is 32.1 Å². The monoisotopic (exact) mass is 421 g/mol. The van der Waals surface area contributed by atoms with E-state index in [1.54, 1.807) is 25.1 Å². The fraction of sp³-hybridized carbons (Fsp3) is 0.182. The lowest BCUT2D eigenvalue weighted by atomic mass is 9.93. The Hall–Kier alpha value is -3.52. The molecule has 0 aliphatic carbocycles. The van der Waals surface area contributed by atoms with E-state index in [1.165, 1.54) is 28.4 Å². The van der Waals surface area contributed by atoms with E-state index in [0.717, 1.165) is 11.1 Å². The van der Waals surface area contributed by atoms with Crippen molar-refractivity contribution in [1.82, 2.24) is 10.2 Å². The summed E-state index contributed by atoms with van der Waals surface area (Å²) >= 11 is 1.18. The number of ketones is 1. The lowest BCUT2D eigenvalue weighted by molar-refractivity contribution is -0.132. The number of aromatic hydroxyl groups is 1. The number of hydrogen-bond donors (Lipinski definition) is 2. The van der Waals surface area contributed by atoms with E-state index in [4.69, 9.17) is 0 Å². The van der Waals surface area contributed by atoms with Gasteiger partial charge < -0.3 is 10.2 Å². The normalized spacial score (nSPS) is 18.2. The van der Waals surface area contributed by atoms with Gasteiger partial charge in [0.05, 0.1) is 11.6 Å². The van der Waals surface area contributed by atoms with E-state index in [1.807, 2.05) is 26.0 Å². The largest absolute Gasteiger partial charge is 0.508 e. The zero-order chi connectivity index (χ0) is 21.6. The fourth-order valence-electron chi connectivity index (χ4n) is 3.52. The third-order valence-electron chi connectivity index (χ3n) is 5.02.